The highest BCUT2D eigenvalue weighted by atomic mass is 32.2. The second-order valence-corrected chi connectivity index (χ2v) is 11.7. The summed E-state index contributed by atoms with van der Waals surface area (Å²) in [7, 11) is -0.477. The van der Waals surface area contributed by atoms with Gasteiger partial charge in [-0.2, -0.15) is 0 Å². The number of amides is 1. The van der Waals surface area contributed by atoms with Crippen molar-refractivity contribution in [3.8, 4) is 5.75 Å². The van der Waals surface area contributed by atoms with Gasteiger partial charge in [0.1, 0.15) is 10.6 Å². The Morgan fingerprint density at radius 2 is 1.82 bits per heavy atom. The summed E-state index contributed by atoms with van der Waals surface area (Å²) in [6.45, 7) is 6.38. The van der Waals surface area contributed by atoms with E-state index in [1.807, 2.05) is 61.2 Å². The molecule has 0 spiro atoms. The van der Waals surface area contributed by atoms with Crippen molar-refractivity contribution in [3.05, 3.63) is 89.0 Å². The van der Waals surface area contributed by atoms with Crippen LogP contribution in [0.15, 0.2) is 71.6 Å². The zero-order chi connectivity index (χ0) is 27.3. The summed E-state index contributed by atoms with van der Waals surface area (Å²) in [5.41, 5.74) is 4.40. The molecule has 3 aromatic rings. The van der Waals surface area contributed by atoms with Crippen LogP contribution in [0.25, 0.3) is 0 Å². The highest BCUT2D eigenvalue weighted by molar-refractivity contribution is 7.90. The van der Waals surface area contributed by atoms with E-state index in [0.717, 1.165) is 28.8 Å². The van der Waals surface area contributed by atoms with Crippen molar-refractivity contribution in [2.75, 3.05) is 45.4 Å². The normalized spacial score (nSPS) is 15.5. The van der Waals surface area contributed by atoms with Crippen LogP contribution in [0.1, 0.15) is 33.5 Å². The molecule has 8 heteroatoms. The molecular formula is C30H36N2O5S. The van der Waals surface area contributed by atoms with E-state index in [1.165, 1.54) is 7.11 Å². The Kier molecular flexibility index (Phi) is 8.74. The van der Waals surface area contributed by atoms with Gasteiger partial charge in [-0.05, 0) is 61.7 Å². The van der Waals surface area contributed by atoms with E-state index in [4.69, 9.17) is 9.47 Å². The van der Waals surface area contributed by atoms with Crippen LogP contribution in [0.4, 0.5) is 5.69 Å². The Morgan fingerprint density at radius 3 is 2.58 bits per heavy atom. The summed E-state index contributed by atoms with van der Waals surface area (Å²) in [5.74, 6) is 0.253. The zero-order valence-electron chi connectivity index (χ0n) is 22.5. The second kappa shape index (κ2) is 12.0. The summed E-state index contributed by atoms with van der Waals surface area (Å²) in [6, 6.07) is 20.4. The molecule has 1 aliphatic rings. The lowest BCUT2D eigenvalue weighted by molar-refractivity contribution is 0.0789. The van der Waals surface area contributed by atoms with Crippen LogP contribution in [-0.2, 0) is 20.3 Å². The first kappa shape index (κ1) is 27.7. The fourth-order valence-corrected chi connectivity index (χ4v) is 6.54. The number of nitrogens with zero attached hydrogens (tertiary/aromatic N) is 2. The number of aryl methyl sites for hydroxylation is 2. The number of carbonyl (C=O) groups is 1. The van der Waals surface area contributed by atoms with E-state index in [2.05, 4.69) is 4.90 Å². The van der Waals surface area contributed by atoms with Gasteiger partial charge in [0.25, 0.3) is 5.91 Å². The number of anilines is 1. The van der Waals surface area contributed by atoms with Crippen molar-refractivity contribution in [1.82, 2.24) is 4.90 Å². The smallest absolute Gasteiger partial charge is 0.254 e. The molecule has 3 aromatic carbocycles. The number of methoxy groups -OCH3 is 2. The molecule has 1 unspecified atom stereocenters. The van der Waals surface area contributed by atoms with Gasteiger partial charge in [0.05, 0.1) is 19.5 Å². The Bertz CT molecular complexity index is 1390. The van der Waals surface area contributed by atoms with Gasteiger partial charge >= 0.3 is 0 Å². The van der Waals surface area contributed by atoms with Crippen LogP contribution in [0, 0.1) is 13.8 Å². The second-order valence-electron chi connectivity index (χ2n) is 9.78. The molecule has 7 nitrogen and oxygen atoms in total. The van der Waals surface area contributed by atoms with Crippen LogP contribution in [0.5, 0.6) is 5.75 Å². The highest BCUT2D eigenvalue weighted by Gasteiger charge is 2.32. The molecule has 0 saturated carbocycles. The van der Waals surface area contributed by atoms with Crippen LogP contribution < -0.4 is 9.64 Å². The fraction of sp³-hybridized carbons (Fsp3) is 0.367. The minimum absolute atomic E-state index is 0.0528. The first-order chi connectivity index (χ1) is 18.2. The number of benzene rings is 3. The van der Waals surface area contributed by atoms with Crippen molar-refractivity contribution in [2.45, 2.75) is 37.0 Å². The number of ether oxygens (including phenoxy) is 2. The number of carbonyl (C=O) groups excluding carboxylic acids is 1. The van der Waals surface area contributed by atoms with E-state index in [1.54, 1.807) is 31.4 Å². The molecular weight excluding hydrogens is 500 g/mol. The minimum atomic E-state index is -3.61. The largest absolute Gasteiger partial charge is 0.495 e. The molecule has 0 aliphatic carbocycles. The number of rotatable bonds is 10. The van der Waals surface area contributed by atoms with E-state index in [-0.39, 0.29) is 22.6 Å². The van der Waals surface area contributed by atoms with E-state index in [0.29, 0.717) is 37.6 Å². The SMILES string of the molecule is COCCN(c1cccc(CS(=O)(=O)c2ccccc2OC)c1)C1CCN(C(=O)c2cc(C)ccc2C)C1. The van der Waals surface area contributed by atoms with Crippen LogP contribution in [-0.4, -0.2) is 65.7 Å². The monoisotopic (exact) mass is 536 g/mol. The van der Waals surface area contributed by atoms with Gasteiger partial charge in [-0.15, -0.1) is 0 Å². The molecule has 1 saturated heterocycles. The van der Waals surface area contributed by atoms with Gasteiger partial charge in [0, 0.05) is 44.0 Å². The number of hydrogen-bond donors (Lipinski definition) is 0. The molecule has 202 valence electrons. The molecule has 1 heterocycles. The molecule has 1 amide bonds. The Hall–Kier alpha value is -3.36. The Morgan fingerprint density at radius 1 is 1.03 bits per heavy atom. The fourth-order valence-electron chi connectivity index (χ4n) is 5.03. The molecule has 1 fully saturated rings. The third-order valence-corrected chi connectivity index (χ3v) is 8.77. The average Bonchev–Trinajstić information content (AvgIpc) is 3.40. The molecule has 0 N–H and O–H groups in total. The van der Waals surface area contributed by atoms with Crippen molar-refractivity contribution in [3.63, 3.8) is 0 Å². The summed E-state index contributed by atoms with van der Waals surface area (Å²) >= 11 is 0. The van der Waals surface area contributed by atoms with Gasteiger partial charge in [-0.1, -0.05) is 42.0 Å². The van der Waals surface area contributed by atoms with Gasteiger partial charge in [-0.3, -0.25) is 4.79 Å². The van der Waals surface area contributed by atoms with Crippen LogP contribution >= 0.6 is 0 Å². The summed E-state index contributed by atoms with van der Waals surface area (Å²) in [6.07, 6.45) is 0.823. The molecule has 38 heavy (non-hydrogen) atoms. The number of sulfone groups is 1. The molecule has 1 atom stereocenters. The van der Waals surface area contributed by atoms with E-state index >= 15 is 0 Å². The average molecular weight is 537 g/mol. The maximum Gasteiger partial charge on any atom is 0.254 e. The van der Waals surface area contributed by atoms with Gasteiger partial charge in [0.2, 0.25) is 0 Å². The predicted molar refractivity (Wildman–Crippen MR) is 150 cm³/mol. The maximum absolute atomic E-state index is 13.3. The van der Waals surface area contributed by atoms with Crippen LogP contribution in [0.2, 0.25) is 0 Å². The summed E-state index contributed by atoms with van der Waals surface area (Å²) in [4.78, 5) is 17.7. The van der Waals surface area contributed by atoms with E-state index in [9.17, 15) is 13.2 Å². The predicted octanol–water partition coefficient (Wildman–Crippen LogP) is 4.65. The van der Waals surface area contributed by atoms with Crippen molar-refractivity contribution in [2.24, 2.45) is 0 Å². The zero-order valence-corrected chi connectivity index (χ0v) is 23.3. The summed E-state index contributed by atoms with van der Waals surface area (Å²) in [5, 5.41) is 0. The minimum Gasteiger partial charge on any atom is -0.495 e. The van der Waals surface area contributed by atoms with Gasteiger partial charge in [-0.25, -0.2) is 8.42 Å². The maximum atomic E-state index is 13.3. The first-order valence-corrected chi connectivity index (χ1v) is 14.5. The van der Waals surface area contributed by atoms with Crippen molar-refractivity contribution in [1.29, 1.82) is 0 Å². The summed E-state index contributed by atoms with van der Waals surface area (Å²) < 4.78 is 37.1. The molecule has 0 bridgehead atoms. The standard InChI is InChI=1S/C30H36N2O5S/c1-22-12-13-23(2)27(18-22)30(33)31-15-14-26(20-31)32(16-17-36-3)25-9-7-8-24(19-25)21-38(34,35)29-11-6-5-10-28(29)37-4/h5-13,18-19,26H,14-17,20-21H2,1-4H3. The van der Waals surface area contributed by atoms with Crippen molar-refractivity contribution >= 4 is 21.4 Å². The number of hydrogen-bond acceptors (Lipinski definition) is 6. The molecule has 1 aliphatic heterocycles. The number of likely N-dealkylation sites (tertiary alicyclic amines) is 1. The third kappa shape index (κ3) is 6.19. The van der Waals surface area contributed by atoms with Crippen molar-refractivity contribution < 1.29 is 22.7 Å². The lowest BCUT2D eigenvalue weighted by atomic mass is 10.0. The number of para-hydroxylation sites is 1. The molecule has 0 aromatic heterocycles. The highest BCUT2D eigenvalue weighted by Crippen LogP contribution is 2.29. The van der Waals surface area contributed by atoms with E-state index < -0.39 is 9.84 Å². The van der Waals surface area contributed by atoms with Gasteiger partial charge in [0.15, 0.2) is 9.84 Å². The lowest BCUT2D eigenvalue weighted by Gasteiger charge is -2.31. The Labute approximate surface area is 225 Å². The molecule has 0 radical (unpaired) electrons. The first-order valence-electron chi connectivity index (χ1n) is 12.8. The lowest BCUT2D eigenvalue weighted by Crippen LogP contribution is -2.41. The van der Waals surface area contributed by atoms with Gasteiger partial charge < -0.3 is 19.3 Å². The van der Waals surface area contributed by atoms with Crippen LogP contribution in [0.3, 0.4) is 0 Å². The Balaban J connectivity index is 1.55. The topological polar surface area (TPSA) is 76.2 Å². The quantitative estimate of drug-likeness (QED) is 0.375. The molecule has 4 rings (SSSR count). The third-order valence-electron chi connectivity index (χ3n) is 7.05.